The van der Waals surface area contributed by atoms with Crippen molar-refractivity contribution in [3.63, 3.8) is 0 Å². The number of hydrogen-bond donors (Lipinski definition) is 1. The molecule has 0 aliphatic rings. The molecule has 1 heterocycles. The Kier molecular flexibility index (Phi) is 2.71. The van der Waals surface area contributed by atoms with Gasteiger partial charge in [0.25, 0.3) is 0 Å². The molecule has 18 heavy (non-hydrogen) atoms. The number of rotatable bonds is 1. The minimum absolute atomic E-state index is 0.00435. The highest BCUT2D eigenvalue weighted by Gasteiger charge is 2.34. The van der Waals surface area contributed by atoms with Gasteiger partial charge in [-0.1, -0.05) is 0 Å². The van der Waals surface area contributed by atoms with Crippen LogP contribution in [0.15, 0.2) is 30.6 Å². The molecule has 0 spiro atoms. The Labute approximate surface area is 100 Å². The first-order valence-electron chi connectivity index (χ1n) is 4.84. The van der Waals surface area contributed by atoms with Crippen LogP contribution in [-0.2, 0) is 6.18 Å². The molecule has 2 aromatic rings. The molecule has 1 aromatic carbocycles. The Morgan fingerprint density at radius 3 is 2.67 bits per heavy atom. The zero-order chi connectivity index (χ0) is 13.3. The first-order valence-corrected chi connectivity index (χ1v) is 4.84. The Morgan fingerprint density at radius 1 is 1.33 bits per heavy atom. The predicted octanol–water partition coefficient (Wildman–Crippen LogP) is 2.34. The van der Waals surface area contributed by atoms with E-state index in [-0.39, 0.29) is 17.2 Å². The first-order chi connectivity index (χ1) is 8.43. The van der Waals surface area contributed by atoms with Gasteiger partial charge in [0, 0.05) is 18.1 Å². The van der Waals surface area contributed by atoms with E-state index >= 15 is 0 Å². The minimum Gasteiger partial charge on any atom is -0.399 e. The lowest BCUT2D eigenvalue weighted by atomic mass is 10.1. The summed E-state index contributed by atoms with van der Waals surface area (Å²) in [4.78, 5) is 3.66. The highest BCUT2D eigenvalue weighted by atomic mass is 19.4. The Morgan fingerprint density at radius 2 is 2.06 bits per heavy atom. The standard InChI is InChI=1S/C11H7F3N4/c12-11(13,14)8-5-7(16)1-2-9(8)18-4-3-17-10(18)6-15/h1-5H,16H2. The van der Waals surface area contributed by atoms with Crippen LogP contribution >= 0.6 is 0 Å². The van der Waals surface area contributed by atoms with Crippen LogP contribution in [0.3, 0.4) is 0 Å². The van der Waals surface area contributed by atoms with E-state index < -0.39 is 11.7 Å². The van der Waals surface area contributed by atoms with E-state index in [4.69, 9.17) is 11.0 Å². The molecule has 0 aliphatic carbocycles. The van der Waals surface area contributed by atoms with Crippen molar-refractivity contribution in [3.05, 3.63) is 42.0 Å². The van der Waals surface area contributed by atoms with E-state index in [1.54, 1.807) is 6.07 Å². The minimum atomic E-state index is -4.55. The predicted molar refractivity (Wildman–Crippen MR) is 57.7 cm³/mol. The maximum absolute atomic E-state index is 12.9. The molecule has 0 amide bonds. The fraction of sp³-hybridized carbons (Fsp3) is 0.0909. The number of nitrogens with zero attached hydrogens (tertiary/aromatic N) is 3. The van der Waals surface area contributed by atoms with Gasteiger partial charge in [0.2, 0.25) is 5.82 Å². The number of aromatic nitrogens is 2. The van der Waals surface area contributed by atoms with E-state index in [0.29, 0.717) is 0 Å². The van der Waals surface area contributed by atoms with Gasteiger partial charge in [-0.25, -0.2) is 4.98 Å². The Balaban J connectivity index is 2.69. The molecule has 2 N–H and O–H groups in total. The van der Waals surface area contributed by atoms with Crippen molar-refractivity contribution in [2.75, 3.05) is 5.73 Å². The van der Waals surface area contributed by atoms with Crippen LogP contribution in [0.5, 0.6) is 0 Å². The van der Waals surface area contributed by atoms with Gasteiger partial charge in [0.05, 0.1) is 11.3 Å². The van der Waals surface area contributed by atoms with Crippen molar-refractivity contribution in [1.82, 2.24) is 9.55 Å². The number of alkyl halides is 3. The van der Waals surface area contributed by atoms with Gasteiger partial charge in [-0.05, 0) is 18.2 Å². The molecular formula is C11H7F3N4. The molecular weight excluding hydrogens is 245 g/mol. The van der Waals surface area contributed by atoms with Crippen molar-refractivity contribution >= 4 is 5.69 Å². The quantitative estimate of drug-likeness (QED) is 0.792. The lowest BCUT2D eigenvalue weighted by Gasteiger charge is -2.14. The number of nitrogens with two attached hydrogens (primary N) is 1. The second-order valence-electron chi connectivity index (χ2n) is 3.51. The highest BCUT2D eigenvalue weighted by molar-refractivity contribution is 5.53. The zero-order valence-electron chi connectivity index (χ0n) is 8.94. The van der Waals surface area contributed by atoms with Crippen molar-refractivity contribution in [3.8, 4) is 11.8 Å². The van der Waals surface area contributed by atoms with Gasteiger partial charge in [-0.2, -0.15) is 18.4 Å². The maximum atomic E-state index is 12.9. The summed E-state index contributed by atoms with van der Waals surface area (Å²) in [5.74, 6) is -0.120. The number of nitrogen functional groups attached to an aromatic ring is 1. The van der Waals surface area contributed by atoms with E-state index in [1.807, 2.05) is 0 Å². The average Bonchev–Trinajstić information content (AvgIpc) is 2.75. The third-order valence-electron chi connectivity index (χ3n) is 2.33. The molecule has 0 saturated carbocycles. The summed E-state index contributed by atoms with van der Waals surface area (Å²) in [7, 11) is 0. The number of nitriles is 1. The zero-order valence-corrected chi connectivity index (χ0v) is 8.94. The molecule has 0 bridgehead atoms. The monoisotopic (exact) mass is 252 g/mol. The second kappa shape index (κ2) is 4.07. The number of hydrogen-bond acceptors (Lipinski definition) is 3. The summed E-state index contributed by atoms with van der Waals surface area (Å²) in [6, 6.07) is 5.10. The molecule has 0 radical (unpaired) electrons. The molecule has 0 aliphatic heterocycles. The number of benzene rings is 1. The lowest BCUT2D eigenvalue weighted by molar-refractivity contribution is -0.137. The first kappa shape index (κ1) is 12.0. The second-order valence-corrected chi connectivity index (χ2v) is 3.51. The number of halogens is 3. The van der Waals surface area contributed by atoms with Crippen molar-refractivity contribution in [1.29, 1.82) is 5.26 Å². The summed E-state index contributed by atoms with van der Waals surface area (Å²) >= 11 is 0. The molecule has 4 nitrogen and oxygen atoms in total. The number of imidazole rings is 1. The average molecular weight is 252 g/mol. The molecule has 1 aromatic heterocycles. The van der Waals surface area contributed by atoms with Crippen LogP contribution in [0.2, 0.25) is 0 Å². The van der Waals surface area contributed by atoms with E-state index in [9.17, 15) is 13.2 Å². The molecule has 0 unspecified atom stereocenters. The largest absolute Gasteiger partial charge is 0.418 e. The molecule has 2 rings (SSSR count). The SMILES string of the molecule is N#Cc1nccn1-c1ccc(N)cc1C(F)(F)F. The van der Waals surface area contributed by atoms with Crippen molar-refractivity contribution < 1.29 is 13.2 Å². The molecule has 0 atom stereocenters. The van der Waals surface area contributed by atoms with Gasteiger partial charge < -0.3 is 5.73 Å². The molecule has 0 saturated heterocycles. The summed E-state index contributed by atoms with van der Waals surface area (Å²) in [6.07, 6.45) is -2.00. The smallest absolute Gasteiger partial charge is 0.399 e. The van der Waals surface area contributed by atoms with Crippen molar-refractivity contribution in [2.24, 2.45) is 0 Å². The van der Waals surface area contributed by atoms with Gasteiger partial charge in [0.15, 0.2) is 0 Å². The normalized spacial score (nSPS) is 11.2. The van der Waals surface area contributed by atoms with Crippen LogP contribution in [-0.4, -0.2) is 9.55 Å². The van der Waals surface area contributed by atoms with Gasteiger partial charge in [0.1, 0.15) is 6.07 Å². The Bertz CT molecular complexity index is 622. The third kappa shape index (κ3) is 2.00. The summed E-state index contributed by atoms with van der Waals surface area (Å²) in [5, 5.41) is 8.78. The van der Waals surface area contributed by atoms with Crippen LogP contribution in [0.4, 0.5) is 18.9 Å². The van der Waals surface area contributed by atoms with Crippen LogP contribution in [0.25, 0.3) is 5.69 Å². The number of anilines is 1. The summed E-state index contributed by atoms with van der Waals surface area (Å²) in [5.41, 5.74) is 4.28. The Hall–Kier alpha value is -2.49. The fourth-order valence-corrected chi connectivity index (χ4v) is 1.57. The van der Waals surface area contributed by atoms with E-state index in [2.05, 4.69) is 4.98 Å². The van der Waals surface area contributed by atoms with Crippen molar-refractivity contribution in [2.45, 2.75) is 6.18 Å². The molecule has 92 valence electrons. The maximum Gasteiger partial charge on any atom is 0.418 e. The van der Waals surface area contributed by atoms with E-state index in [0.717, 1.165) is 10.6 Å². The van der Waals surface area contributed by atoms with Gasteiger partial charge >= 0.3 is 6.18 Å². The lowest BCUT2D eigenvalue weighted by Crippen LogP contribution is -2.12. The molecule has 7 heteroatoms. The highest BCUT2D eigenvalue weighted by Crippen LogP contribution is 2.35. The van der Waals surface area contributed by atoms with Crippen LogP contribution in [0, 0.1) is 11.3 Å². The van der Waals surface area contributed by atoms with Crippen LogP contribution in [0.1, 0.15) is 11.4 Å². The summed E-state index contributed by atoms with van der Waals surface area (Å²) in [6.45, 7) is 0. The van der Waals surface area contributed by atoms with Gasteiger partial charge in [-0.3, -0.25) is 4.57 Å². The fourth-order valence-electron chi connectivity index (χ4n) is 1.57. The summed E-state index contributed by atoms with van der Waals surface area (Å²) < 4.78 is 39.7. The van der Waals surface area contributed by atoms with Crippen LogP contribution < -0.4 is 5.73 Å². The third-order valence-corrected chi connectivity index (χ3v) is 2.33. The van der Waals surface area contributed by atoms with Gasteiger partial charge in [-0.15, -0.1) is 0 Å². The molecule has 0 fully saturated rings. The van der Waals surface area contributed by atoms with E-state index in [1.165, 1.54) is 24.5 Å². The topological polar surface area (TPSA) is 67.6 Å².